The lowest BCUT2D eigenvalue weighted by molar-refractivity contribution is -0.145. The summed E-state index contributed by atoms with van der Waals surface area (Å²) in [5.41, 5.74) is -0.266. The number of fused-ring (bicyclic) bond motifs is 4. The first-order valence-electron chi connectivity index (χ1n) is 15.0. The fourth-order valence-corrected chi connectivity index (χ4v) is 8.53. The summed E-state index contributed by atoms with van der Waals surface area (Å²) in [6.45, 7) is 5.20. The molecule has 2 saturated heterocycles. The van der Waals surface area contributed by atoms with Gasteiger partial charge in [-0.25, -0.2) is 4.90 Å². The van der Waals surface area contributed by atoms with Gasteiger partial charge in [0, 0.05) is 10.6 Å². The zero-order chi connectivity index (χ0) is 31.1. The van der Waals surface area contributed by atoms with E-state index in [2.05, 4.69) is 0 Å². The molecule has 9 heteroatoms. The largest absolute Gasteiger partial charge is 0.463 e. The van der Waals surface area contributed by atoms with Gasteiger partial charge >= 0.3 is 0 Å². The SMILES string of the molecule is CC(C)(C)N1C(=O)[C@H]2[C@H](CC=C3[C@H]2C[C@H]2C(=O)N(c4cccc(Cl)c4)C(=O)[C@@]2(c2ccccc2)[C@H]3c2ccc(CO)o2)C1=O. The predicted octanol–water partition coefficient (Wildman–Crippen LogP) is 5.39. The van der Waals surface area contributed by atoms with Crippen LogP contribution in [-0.4, -0.2) is 39.2 Å². The van der Waals surface area contributed by atoms with Crippen LogP contribution in [0.25, 0.3) is 0 Å². The van der Waals surface area contributed by atoms with Crippen molar-refractivity contribution in [3.8, 4) is 0 Å². The van der Waals surface area contributed by atoms with Crippen LogP contribution in [0.3, 0.4) is 0 Å². The highest BCUT2D eigenvalue weighted by Crippen LogP contribution is 2.64. The van der Waals surface area contributed by atoms with Crippen molar-refractivity contribution < 1.29 is 28.7 Å². The van der Waals surface area contributed by atoms with E-state index in [1.54, 1.807) is 36.4 Å². The normalized spacial score (nSPS) is 29.9. The van der Waals surface area contributed by atoms with E-state index in [1.807, 2.05) is 57.2 Å². The minimum absolute atomic E-state index is 0.200. The summed E-state index contributed by atoms with van der Waals surface area (Å²) in [5.74, 6) is -3.77. The van der Waals surface area contributed by atoms with Crippen LogP contribution in [0.2, 0.25) is 5.02 Å². The van der Waals surface area contributed by atoms with Crippen LogP contribution >= 0.6 is 11.6 Å². The summed E-state index contributed by atoms with van der Waals surface area (Å²) in [6.07, 6.45) is 2.55. The number of allylic oxidation sites excluding steroid dienone is 2. The Labute approximate surface area is 260 Å². The number of benzene rings is 2. The van der Waals surface area contributed by atoms with Crippen molar-refractivity contribution in [2.24, 2.45) is 23.7 Å². The average molecular weight is 613 g/mol. The van der Waals surface area contributed by atoms with Gasteiger partial charge in [-0.1, -0.05) is 59.6 Å². The molecule has 3 fully saturated rings. The minimum Gasteiger partial charge on any atom is -0.463 e. The second-order valence-electron chi connectivity index (χ2n) is 13.2. The van der Waals surface area contributed by atoms with Crippen LogP contribution in [0.4, 0.5) is 5.69 Å². The maximum Gasteiger partial charge on any atom is 0.246 e. The topological polar surface area (TPSA) is 108 Å². The molecule has 2 aromatic carbocycles. The number of furan rings is 1. The standard InChI is InChI=1S/C35H33ClN2O6/c1-34(2,3)38-30(40)24-14-13-23-25(28(24)32(38)42)17-26-31(41)37(21-11-7-10-20(36)16-21)33(43)35(26,19-8-5-4-6-9-19)29(23)27-15-12-22(18-39)44-27/h4-13,15-16,24-26,28-29,39H,14,17-18H2,1-3H3/t24-,25+,26-,28-,29+,35+/m0/s1. The van der Waals surface area contributed by atoms with Gasteiger partial charge in [-0.2, -0.15) is 0 Å². The molecule has 1 saturated carbocycles. The van der Waals surface area contributed by atoms with E-state index in [0.717, 1.165) is 5.57 Å². The fraction of sp³-hybridized carbons (Fsp3) is 0.371. The van der Waals surface area contributed by atoms with Crippen LogP contribution < -0.4 is 4.90 Å². The molecule has 8 nitrogen and oxygen atoms in total. The number of aliphatic hydroxyl groups excluding tert-OH is 1. The summed E-state index contributed by atoms with van der Waals surface area (Å²) in [4.78, 5) is 60.0. The second-order valence-corrected chi connectivity index (χ2v) is 13.7. The summed E-state index contributed by atoms with van der Waals surface area (Å²) in [7, 11) is 0. The molecule has 6 atom stereocenters. The molecule has 7 rings (SSSR count). The van der Waals surface area contributed by atoms with Crippen molar-refractivity contribution in [2.45, 2.75) is 57.1 Å². The number of nitrogens with zero attached hydrogens (tertiary/aromatic N) is 2. The van der Waals surface area contributed by atoms with Gasteiger partial charge in [0.1, 0.15) is 23.5 Å². The molecule has 3 heterocycles. The van der Waals surface area contributed by atoms with Gasteiger partial charge in [0.15, 0.2) is 0 Å². The quantitative estimate of drug-likeness (QED) is 0.313. The number of likely N-dealkylation sites (tertiary alicyclic amines) is 1. The van der Waals surface area contributed by atoms with Crippen molar-refractivity contribution in [2.75, 3.05) is 4.90 Å². The summed E-state index contributed by atoms with van der Waals surface area (Å²) in [6, 6.07) is 19.3. The molecule has 226 valence electrons. The Hall–Kier alpha value is -4.01. The summed E-state index contributed by atoms with van der Waals surface area (Å²) < 4.78 is 6.20. The molecular weight excluding hydrogens is 580 g/mol. The van der Waals surface area contributed by atoms with Crippen LogP contribution in [-0.2, 0) is 31.2 Å². The number of imide groups is 2. The Balaban J connectivity index is 1.48. The molecule has 0 unspecified atom stereocenters. The fourth-order valence-electron chi connectivity index (χ4n) is 8.35. The molecule has 0 radical (unpaired) electrons. The average Bonchev–Trinajstić information content (AvgIpc) is 3.64. The highest BCUT2D eigenvalue weighted by atomic mass is 35.5. The maximum atomic E-state index is 15.1. The molecule has 0 spiro atoms. The zero-order valence-electron chi connectivity index (χ0n) is 24.7. The van der Waals surface area contributed by atoms with Crippen LogP contribution in [0.15, 0.2) is 82.8 Å². The number of halogens is 1. The molecule has 1 aromatic heterocycles. The van der Waals surface area contributed by atoms with Gasteiger partial charge in [-0.3, -0.25) is 24.1 Å². The number of rotatable bonds is 4. The van der Waals surface area contributed by atoms with Crippen LogP contribution in [0.5, 0.6) is 0 Å². The number of anilines is 1. The predicted molar refractivity (Wildman–Crippen MR) is 162 cm³/mol. The Morgan fingerprint density at radius 2 is 1.68 bits per heavy atom. The van der Waals surface area contributed by atoms with Gasteiger partial charge in [0.2, 0.25) is 23.6 Å². The lowest BCUT2D eigenvalue weighted by Crippen LogP contribution is -2.53. The van der Waals surface area contributed by atoms with E-state index in [1.165, 1.54) is 9.80 Å². The lowest BCUT2D eigenvalue weighted by atomic mass is 9.50. The lowest BCUT2D eigenvalue weighted by Gasteiger charge is -2.49. The van der Waals surface area contributed by atoms with Gasteiger partial charge in [-0.05, 0) is 75.4 Å². The number of aliphatic hydroxyl groups is 1. The van der Waals surface area contributed by atoms with Crippen molar-refractivity contribution in [3.05, 3.63) is 100 Å². The molecule has 3 aromatic rings. The molecule has 2 aliphatic carbocycles. The van der Waals surface area contributed by atoms with E-state index in [-0.39, 0.29) is 30.7 Å². The molecule has 1 N–H and O–H groups in total. The number of hydrogen-bond donors (Lipinski definition) is 1. The van der Waals surface area contributed by atoms with Gasteiger partial charge in [0.05, 0.1) is 29.4 Å². The van der Waals surface area contributed by atoms with Crippen LogP contribution in [0.1, 0.15) is 56.6 Å². The maximum absolute atomic E-state index is 15.1. The van der Waals surface area contributed by atoms with E-state index in [9.17, 15) is 19.5 Å². The van der Waals surface area contributed by atoms with E-state index < -0.39 is 46.5 Å². The van der Waals surface area contributed by atoms with Gasteiger partial charge in [-0.15, -0.1) is 0 Å². The number of hydrogen-bond acceptors (Lipinski definition) is 6. The third kappa shape index (κ3) is 3.86. The van der Waals surface area contributed by atoms with Gasteiger partial charge < -0.3 is 9.52 Å². The highest BCUT2D eigenvalue weighted by Gasteiger charge is 2.71. The third-order valence-electron chi connectivity index (χ3n) is 9.96. The molecule has 0 bridgehead atoms. The van der Waals surface area contributed by atoms with Gasteiger partial charge in [0.25, 0.3) is 0 Å². The number of carbonyl (C=O) groups is 4. The molecule has 4 amide bonds. The Bertz CT molecular complexity index is 1740. The molecular formula is C35H33ClN2O6. The van der Waals surface area contributed by atoms with Crippen molar-refractivity contribution in [1.82, 2.24) is 4.90 Å². The Morgan fingerprint density at radius 3 is 2.34 bits per heavy atom. The van der Waals surface area contributed by atoms with Crippen molar-refractivity contribution >= 4 is 40.9 Å². The second kappa shape index (κ2) is 10.0. The van der Waals surface area contributed by atoms with E-state index >= 15 is 4.79 Å². The summed E-state index contributed by atoms with van der Waals surface area (Å²) >= 11 is 6.34. The first kappa shape index (κ1) is 28.7. The van der Waals surface area contributed by atoms with Crippen molar-refractivity contribution in [3.63, 3.8) is 0 Å². The zero-order valence-corrected chi connectivity index (χ0v) is 25.5. The summed E-state index contributed by atoms with van der Waals surface area (Å²) in [5, 5.41) is 10.3. The van der Waals surface area contributed by atoms with Crippen LogP contribution in [0, 0.1) is 23.7 Å². The van der Waals surface area contributed by atoms with Crippen molar-refractivity contribution in [1.29, 1.82) is 0 Å². The monoisotopic (exact) mass is 612 g/mol. The van der Waals surface area contributed by atoms with E-state index in [0.29, 0.717) is 34.2 Å². The Kier molecular flexibility index (Phi) is 6.54. The Morgan fingerprint density at radius 1 is 0.932 bits per heavy atom. The molecule has 4 aliphatic rings. The minimum atomic E-state index is -1.41. The third-order valence-corrected chi connectivity index (χ3v) is 10.2. The smallest absolute Gasteiger partial charge is 0.246 e. The number of carbonyl (C=O) groups excluding carboxylic acids is 4. The van der Waals surface area contributed by atoms with E-state index in [4.69, 9.17) is 16.0 Å². The first-order valence-corrected chi connectivity index (χ1v) is 15.3. The first-order chi connectivity index (χ1) is 21.0. The number of amides is 4. The molecule has 44 heavy (non-hydrogen) atoms. The molecule has 2 aliphatic heterocycles. The highest BCUT2D eigenvalue weighted by molar-refractivity contribution is 6.32.